The molecule has 1 N–H and O–H groups in total. The van der Waals surface area contributed by atoms with Crippen molar-refractivity contribution in [3.05, 3.63) is 47.5 Å². The van der Waals surface area contributed by atoms with Gasteiger partial charge in [0.2, 0.25) is 0 Å². The standard InChI is InChI=1S/C22H33NO3/c1-17(10-12-18-8-6-5-7-9-18)11-13-19-16-23(15-14-20(19)24)21(25)26-22(2,3)4/h5-9,11,19-20,24H,10,12-16H2,1-4H3/b17-11+. The highest BCUT2D eigenvalue weighted by Gasteiger charge is 2.31. The molecule has 0 bridgehead atoms. The second-order valence-corrected chi connectivity index (χ2v) is 8.31. The fraction of sp³-hybridized carbons (Fsp3) is 0.591. The number of piperidine rings is 1. The lowest BCUT2D eigenvalue weighted by molar-refractivity contribution is -0.00775. The molecule has 1 aromatic carbocycles. The molecule has 2 unspecified atom stereocenters. The number of aliphatic hydroxyl groups excluding tert-OH is 1. The van der Waals surface area contributed by atoms with Gasteiger partial charge in [0.15, 0.2) is 0 Å². The van der Waals surface area contributed by atoms with E-state index in [0.717, 1.165) is 19.3 Å². The molecule has 0 spiro atoms. The molecule has 0 aromatic heterocycles. The Balaban J connectivity index is 1.85. The number of ether oxygens (including phenoxy) is 1. The molecule has 1 aliphatic rings. The van der Waals surface area contributed by atoms with E-state index < -0.39 is 5.60 Å². The number of allylic oxidation sites excluding steroid dienone is 2. The summed E-state index contributed by atoms with van der Waals surface area (Å²) in [5.41, 5.74) is 2.18. The molecular formula is C22H33NO3. The zero-order valence-electron chi connectivity index (χ0n) is 16.6. The van der Waals surface area contributed by atoms with Crippen molar-refractivity contribution in [2.75, 3.05) is 13.1 Å². The molecular weight excluding hydrogens is 326 g/mol. The first-order valence-electron chi connectivity index (χ1n) is 9.60. The van der Waals surface area contributed by atoms with Crippen LogP contribution in [-0.2, 0) is 11.2 Å². The zero-order chi connectivity index (χ0) is 19.2. The summed E-state index contributed by atoms with van der Waals surface area (Å²) in [5, 5.41) is 10.3. The molecule has 26 heavy (non-hydrogen) atoms. The Morgan fingerprint density at radius 2 is 2.00 bits per heavy atom. The minimum absolute atomic E-state index is 0.0722. The minimum Gasteiger partial charge on any atom is -0.444 e. The Kier molecular flexibility index (Phi) is 7.27. The maximum Gasteiger partial charge on any atom is 0.410 e. The van der Waals surface area contributed by atoms with Crippen LogP contribution in [0.3, 0.4) is 0 Å². The van der Waals surface area contributed by atoms with Crippen molar-refractivity contribution in [3.8, 4) is 0 Å². The normalized spacial score (nSPS) is 21.6. The van der Waals surface area contributed by atoms with Gasteiger partial charge in [-0.3, -0.25) is 0 Å². The van der Waals surface area contributed by atoms with Crippen molar-refractivity contribution in [1.29, 1.82) is 0 Å². The summed E-state index contributed by atoms with van der Waals surface area (Å²) in [6, 6.07) is 10.5. The number of carbonyl (C=O) groups excluding carboxylic acids is 1. The lowest BCUT2D eigenvalue weighted by Gasteiger charge is -2.36. The van der Waals surface area contributed by atoms with E-state index in [-0.39, 0.29) is 18.1 Å². The number of benzene rings is 1. The summed E-state index contributed by atoms with van der Waals surface area (Å²) in [4.78, 5) is 14.0. The van der Waals surface area contributed by atoms with E-state index in [0.29, 0.717) is 19.5 Å². The van der Waals surface area contributed by atoms with Crippen LogP contribution in [0.25, 0.3) is 0 Å². The minimum atomic E-state index is -0.490. The third kappa shape index (κ3) is 6.83. The van der Waals surface area contributed by atoms with Gasteiger partial charge in [-0.15, -0.1) is 0 Å². The number of carbonyl (C=O) groups is 1. The number of aliphatic hydroxyl groups is 1. The van der Waals surface area contributed by atoms with Crippen LogP contribution in [0.4, 0.5) is 4.79 Å². The van der Waals surface area contributed by atoms with Crippen LogP contribution >= 0.6 is 0 Å². The van der Waals surface area contributed by atoms with Crippen LogP contribution in [0.2, 0.25) is 0 Å². The molecule has 1 fully saturated rings. The zero-order valence-corrected chi connectivity index (χ0v) is 16.6. The van der Waals surface area contributed by atoms with Gasteiger partial charge >= 0.3 is 6.09 Å². The molecule has 1 saturated heterocycles. The fourth-order valence-corrected chi connectivity index (χ4v) is 3.18. The van der Waals surface area contributed by atoms with Gasteiger partial charge in [-0.25, -0.2) is 4.79 Å². The predicted octanol–water partition coefficient (Wildman–Crippen LogP) is 4.57. The Bertz CT molecular complexity index is 604. The number of hydrogen-bond donors (Lipinski definition) is 1. The van der Waals surface area contributed by atoms with Gasteiger partial charge in [-0.05, 0) is 58.9 Å². The van der Waals surface area contributed by atoms with Gasteiger partial charge in [0.05, 0.1) is 6.10 Å². The van der Waals surface area contributed by atoms with E-state index in [2.05, 4.69) is 37.3 Å². The van der Waals surface area contributed by atoms with E-state index in [1.807, 2.05) is 26.8 Å². The maximum absolute atomic E-state index is 12.3. The molecule has 0 aliphatic carbocycles. The molecule has 4 heteroatoms. The molecule has 2 rings (SSSR count). The van der Waals surface area contributed by atoms with Crippen LogP contribution in [-0.4, -0.2) is 40.9 Å². The molecule has 1 aromatic rings. The van der Waals surface area contributed by atoms with Crippen LogP contribution in [0.5, 0.6) is 0 Å². The Hall–Kier alpha value is -1.81. The van der Waals surface area contributed by atoms with Gasteiger partial charge in [-0.1, -0.05) is 42.0 Å². The lowest BCUT2D eigenvalue weighted by atomic mass is 9.90. The third-order valence-corrected chi connectivity index (χ3v) is 4.77. The van der Waals surface area contributed by atoms with Gasteiger partial charge in [0.1, 0.15) is 5.60 Å². The summed E-state index contributed by atoms with van der Waals surface area (Å²) in [5.74, 6) is 0.0722. The van der Waals surface area contributed by atoms with E-state index in [1.54, 1.807) is 4.90 Å². The van der Waals surface area contributed by atoms with Crippen molar-refractivity contribution in [3.63, 3.8) is 0 Å². The smallest absolute Gasteiger partial charge is 0.410 e. The van der Waals surface area contributed by atoms with Gasteiger partial charge in [0.25, 0.3) is 0 Å². The summed E-state index contributed by atoms with van der Waals surface area (Å²) >= 11 is 0. The molecule has 144 valence electrons. The summed E-state index contributed by atoms with van der Waals surface area (Å²) in [6.45, 7) is 8.88. The summed E-state index contributed by atoms with van der Waals surface area (Å²) in [7, 11) is 0. The van der Waals surface area contributed by atoms with Crippen LogP contribution in [0.1, 0.15) is 52.5 Å². The average Bonchev–Trinajstić information content (AvgIpc) is 2.58. The van der Waals surface area contributed by atoms with E-state index in [4.69, 9.17) is 4.74 Å². The van der Waals surface area contributed by atoms with E-state index >= 15 is 0 Å². The highest BCUT2D eigenvalue weighted by atomic mass is 16.6. The van der Waals surface area contributed by atoms with E-state index in [1.165, 1.54) is 11.1 Å². The first kappa shape index (κ1) is 20.5. The fourth-order valence-electron chi connectivity index (χ4n) is 3.18. The topological polar surface area (TPSA) is 49.8 Å². The van der Waals surface area contributed by atoms with E-state index in [9.17, 15) is 9.90 Å². The Morgan fingerprint density at radius 1 is 1.31 bits per heavy atom. The monoisotopic (exact) mass is 359 g/mol. The second-order valence-electron chi connectivity index (χ2n) is 8.31. The SMILES string of the molecule is C/C(=C\CC1CN(C(=O)OC(C)(C)C)CCC1O)CCc1ccccc1. The van der Waals surface area contributed by atoms with Crippen molar-refractivity contribution < 1.29 is 14.6 Å². The number of rotatable bonds is 5. The van der Waals surface area contributed by atoms with Crippen LogP contribution < -0.4 is 0 Å². The second kappa shape index (κ2) is 9.22. The molecule has 1 aliphatic heterocycles. The number of aryl methyl sites for hydroxylation is 1. The highest BCUT2D eigenvalue weighted by Crippen LogP contribution is 2.24. The van der Waals surface area contributed by atoms with Crippen LogP contribution in [0.15, 0.2) is 42.0 Å². The molecule has 1 heterocycles. The molecule has 1 amide bonds. The average molecular weight is 360 g/mol. The van der Waals surface area contributed by atoms with Crippen LogP contribution in [0, 0.1) is 5.92 Å². The number of hydrogen-bond acceptors (Lipinski definition) is 3. The molecule has 2 atom stereocenters. The van der Waals surface area contributed by atoms with Crippen molar-refractivity contribution >= 4 is 6.09 Å². The first-order valence-corrected chi connectivity index (χ1v) is 9.60. The number of likely N-dealkylation sites (tertiary alicyclic amines) is 1. The molecule has 0 saturated carbocycles. The third-order valence-electron chi connectivity index (χ3n) is 4.77. The predicted molar refractivity (Wildman–Crippen MR) is 105 cm³/mol. The van der Waals surface area contributed by atoms with Gasteiger partial charge < -0.3 is 14.7 Å². The summed E-state index contributed by atoms with van der Waals surface area (Å²) in [6.07, 6.45) is 5.03. The largest absolute Gasteiger partial charge is 0.444 e. The van der Waals surface area contributed by atoms with Crippen molar-refractivity contribution in [2.24, 2.45) is 5.92 Å². The number of amides is 1. The summed E-state index contributed by atoms with van der Waals surface area (Å²) < 4.78 is 5.46. The molecule has 0 radical (unpaired) electrons. The van der Waals surface area contributed by atoms with Gasteiger partial charge in [0, 0.05) is 19.0 Å². The lowest BCUT2D eigenvalue weighted by Crippen LogP contribution is -2.47. The number of nitrogens with zero attached hydrogens (tertiary/aromatic N) is 1. The maximum atomic E-state index is 12.3. The highest BCUT2D eigenvalue weighted by molar-refractivity contribution is 5.68. The van der Waals surface area contributed by atoms with Gasteiger partial charge in [-0.2, -0.15) is 0 Å². The van der Waals surface area contributed by atoms with Crippen molar-refractivity contribution in [2.45, 2.75) is 65.1 Å². The van der Waals surface area contributed by atoms with Crippen molar-refractivity contribution in [1.82, 2.24) is 4.90 Å². The molecule has 4 nitrogen and oxygen atoms in total. The first-order chi connectivity index (χ1) is 12.2. The quantitative estimate of drug-likeness (QED) is 0.783. The Labute approximate surface area is 157 Å². The Morgan fingerprint density at radius 3 is 2.65 bits per heavy atom.